The molecule has 0 unspecified atom stereocenters. The molecule has 0 heterocycles. The minimum absolute atomic E-state index is 0.0978. The molecule has 0 aliphatic rings. The van der Waals surface area contributed by atoms with Crippen LogP contribution in [0, 0.1) is 0 Å². The maximum Gasteiger partial charge on any atom is 0.233 e. The second-order valence-electron chi connectivity index (χ2n) is 5.97. The van der Waals surface area contributed by atoms with Gasteiger partial charge >= 0.3 is 0 Å². The van der Waals surface area contributed by atoms with Crippen LogP contribution >= 0.6 is 0 Å². The molecule has 3 amide bonds. The second kappa shape index (κ2) is 11.2. The third kappa shape index (κ3) is 10.9. The molecule has 0 aromatic heterocycles. The predicted octanol–water partition coefficient (Wildman–Crippen LogP) is 0.809. The van der Waals surface area contributed by atoms with Gasteiger partial charge in [-0.2, -0.15) is 0 Å². The summed E-state index contributed by atoms with van der Waals surface area (Å²) in [4.78, 5) is 33.5. The molecule has 0 fully saturated rings. The van der Waals surface area contributed by atoms with Crippen LogP contribution in [0.5, 0.6) is 0 Å². The lowest BCUT2D eigenvalue weighted by Gasteiger charge is -2.10. The smallest absolute Gasteiger partial charge is 0.233 e. The van der Waals surface area contributed by atoms with E-state index in [9.17, 15) is 22.8 Å². The molecule has 1 aromatic rings. The Morgan fingerprint density at radius 1 is 0.926 bits per heavy atom. The molecule has 150 valence electrons. The molecule has 4 N–H and O–H groups in total. The number of benzene rings is 1. The third-order valence-electron chi connectivity index (χ3n) is 3.35. The topological polar surface area (TPSA) is 133 Å². The Labute approximate surface area is 159 Å². The molecule has 0 saturated heterocycles. The van der Waals surface area contributed by atoms with Gasteiger partial charge in [0.1, 0.15) is 0 Å². The van der Waals surface area contributed by atoms with Crippen molar-refractivity contribution in [3.05, 3.63) is 24.3 Å². The molecular formula is C17H26N4O5S. The SMILES string of the molecule is CC(=O)NCCCCNC(=O)CCS(=O)(=O)Nc1cccc(NC(C)=O)c1. The summed E-state index contributed by atoms with van der Waals surface area (Å²) in [6.45, 7) is 3.76. The summed E-state index contributed by atoms with van der Waals surface area (Å²) in [6.07, 6.45) is 1.25. The maximum atomic E-state index is 12.1. The third-order valence-corrected chi connectivity index (χ3v) is 4.64. The number of hydrogen-bond acceptors (Lipinski definition) is 5. The number of sulfonamides is 1. The normalized spacial score (nSPS) is 10.7. The van der Waals surface area contributed by atoms with E-state index >= 15 is 0 Å². The first-order valence-corrected chi connectivity index (χ1v) is 10.2. The minimum Gasteiger partial charge on any atom is -0.356 e. The van der Waals surface area contributed by atoms with E-state index in [-0.39, 0.29) is 29.9 Å². The van der Waals surface area contributed by atoms with Crippen LogP contribution in [0.25, 0.3) is 0 Å². The summed E-state index contributed by atoms with van der Waals surface area (Å²) >= 11 is 0. The van der Waals surface area contributed by atoms with Crippen LogP contribution in [0.2, 0.25) is 0 Å². The standard InChI is InChI=1S/C17H26N4O5S/c1-13(22)18-9-3-4-10-19-17(24)8-11-27(25,26)21-16-7-5-6-15(12-16)20-14(2)23/h5-7,12,21H,3-4,8-11H2,1-2H3,(H,18,22)(H,19,24)(H,20,23). The van der Waals surface area contributed by atoms with Gasteiger partial charge in [-0.25, -0.2) is 8.42 Å². The lowest BCUT2D eigenvalue weighted by atomic mass is 10.3. The van der Waals surface area contributed by atoms with Gasteiger partial charge in [-0.3, -0.25) is 19.1 Å². The van der Waals surface area contributed by atoms with Gasteiger partial charge in [0.25, 0.3) is 0 Å². The number of nitrogens with one attached hydrogen (secondary N) is 4. The summed E-state index contributed by atoms with van der Waals surface area (Å²) in [5.74, 6) is -1.07. The van der Waals surface area contributed by atoms with Crippen molar-refractivity contribution in [1.82, 2.24) is 10.6 Å². The summed E-state index contributed by atoms with van der Waals surface area (Å²) in [7, 11) is -3.69. The van der Waals surface area contributed by atoms with Crippen LogP contribution in [-0.4, -0.2) is 45.0 Å². The molecule has 0 aliphatic carbocycles. The Bertz CT molecular complexity index is 764. The molecule has 0 atom stereocenters. The molecule has 1 rings (SSSR count). The quantitative estimate of drug-likeness (QED) is 0.409. The highest BCUT2D eigenvalue weighted by Gasteiger charge is 2.13. The largest absolute Gasteiger partial charge is 0.356 e. The van der Waals surface area contributed by atoms with Crippen molar-refractivity contribution in [1.29, 1.82) is 0 Å². The number of rotatable bonds is 11. The maximum absolute atomic E-state index is 12.1. The number of unbranched alkanes of at least 4 members (excludes halogenated alkanes) is 1. The first-order valence-electron chi connectivity index (χ1n) is 8.57. The van der Waals surface area contributed by atoms with Gasteiger partial charge in [0.15, 0.2) is 0 Å². The summed E-state index contributed by atoms with van der Waals surface area (Å²) < 4.78 is 26.6. The Hall–Kier alpha value is -2.62. The van der Waals surface area contributed by atoms with E-state index in [0.29, 0.717) is 30.9 Å². The number of carbonyl (C=O) groups is 3. The second-order valence-corrected chi connectivity index (χ2v) is 7.81. The summed E-state index contributed by atoms with van der Waals surface area (Å²) in [6, 6.07) is 6.29. The lowest BCUT2D eigenvalue weighted by molar-refractivity contribution is -0.121. The van der Waals surface area contributed by atoms with Crippen molar-refractivity contribution in [3.8, 4) is 0 Å². The summed E-state index contributed by atoms with van der Waals surface area (Å²) in [5, 5.41) is 7.86. The van der Waals surface area contributed by atoms with Gasteiger partial charge in [-0.1, -0.05) is 6.07 Å². The molecule has 9 nitrogen and oxygen atoms in total. The Morgan fingerprint density at radius 3 is 2.19 bits per heavy atom. The van der Waals surface area contributed by atoms with E-state index < -0.39 is 10.0 Å². The van der Waals surface area contributed by atoms with Crippen molar-refractivity contribution in [2.45, 2.75) is 33.1 Å². The average molecular weight is 398 g/mol. The fourth-order valence-electron chi connectivity index (χ4n) is 2.15. The van der Waals surface area contributed by atoms with Crippen molar-refractivity contribution in [3.63, 3.8) is 0 Å². The first kappa shape index (κ1) is 22.4. The molecule has 10 heteroatoms. The van der Waals surface area contributed by atoms with Gasteiger partial charge in [-0.15, -0.1) is 0 Å². The van der Waals surface area contributed by atoms with Crippen molar-refractivity contribution in [2.24, 2.45) is 0 Å². The highest BCUT2D eigenvalue weighted by Crippen LogP contribution is 2.16. The van der Waals surface area contributed by atoms with Crippen LogP contribution in [-0.2, 0) is 24.4 Å². The zero-order valence-corrected chi connectivity index (χ0v) is 16.3. The van der Waals surface area contributed by atoms with Gasteiger partial charge in [0.05, 0.1) is 11.4 Å². The van der Waals surface area contributed by atoms with Gasteiger partial charge in [-0.05, 0) is 31.0 Å². The predicted molar refractivity (Wildman–Crippen MR) is 104 cm³/mol. The van der Waals surface area contributed by atoms with E-state index in [4.69, 9.17) is 0 Å². The highest BCUT2D eigenvalue weighted by molar-refractivity contribution is 7.92. The Morgan fingerprint density at radius 2 is 1.56 bits per heavy atom. The van der Waals surface area contributed by atoms with Crippen LogP contribution in [0.4, 0.5) is 11.4 Å². The van der Waals surface area contributed by atoms with Crippen molar-refractivity contribution < 1.29 is 22.8 Å². The van der Waals surface area contributed by atoms with Gasteiger partial charge in [0.2, 0.25) is 27.7 Å². The number of anilines is 2. The minimum atomic E-state index is -3.69. The van der Waals surface area contributed by atoms with Gasteiger partial charge in [0, 0.05) is 39.0 Å². The average Bonchev–Trinajstić information content (AvgIpc) is 2.55. The van der Waals surface area contributed by atoms with Crippen LogP contribution in [0.3, 0.4) is 0 Å². The van der Waals surface area contributed by atoms with E-state index in [1.54, 1.807) is 18.2 Å². The zero-order chi connectivity index (χ0) is 20.3. The monoisotopic (exact) mass is 398 g/mol. The summed E-state index contributed by atoms with van der Waals surface area (Å²) in [5.41, 5.74) is 0.777. The first-order chi connectivity index (χ1) is 12.7. The van der Waals surface area contributed by atoms with Crippen molar-refractivity contribution >= 4 is 39.1 Å². The Kier molecular flexibility index (Phi) is 9.27. The van der Waals surface area contributed by atoms with Gasteiger partial charge < -0.3 is 16.0 Å². The zero-order valence-electron chi connectivity index (χ0n) is 15.5. The molecule has 0 radical (unpaired) electrons. The van der Waals surface area contributed by atoms with E-state index in [2.05, 4.69) is 20.7 Å². The van der Waals surface area contributed by atoms with Crippen LogP contribution in [0.15, 0.2) is 24.3 Å². The highest BCUT2D eigenvalue weighted by atomic mass is 32.2. The molecule has 0 saturated carbocycles. The number of hydrogen-bond donors (Lipinski definition) is 4. The van der Waals surface area contributed by atoms with Crippen LogP contribution in [0.1, 0.15) is 33.1 Å². The molecule has 27 heavy (non-hydrogen) atoms. The lowest BCUT2D eigenvalue weighted by Crippen LogP contribution is -2.29. The van der Waals surface area contributed by atoms with Crippen LogP contribution < -0.4 is 20.7 Å². The molecule has 0 bridgehead atoms. The fraction of sp³-hybridized carbons (Fsp3) is 0.471. The number of amides is 3. The van der Waals surface area contributed by atoms with E-state index in [1.165, 1.54) is 19.9 Å². The molecule has 0 aliphatic heterocycles. The van der Waals surface area contributed by atoms with E-state index in [0.717, 1.165) is 6.42 Å². The number of carbonyl (C=O) groups excluding carboxylic acids is 3. The van der Waals surface area contributed by atoms with E-state index in [1.807, 2.05) is 0 Å². The van der Waals surface area contributed by atoms with Crippen molar-refractivity contribution in [2.75, 3.05) is 28.9 Å². The molecule has 1 aromatic carbocycles. The molecule has 0 spiro atoms. The fourth-order valence-corrected chi connectivity index (χ4v) is 3.19. The molecular weight excluding hydrogens is 372 g/mol. The Balaban J connectivity index is 2.35.